The van der Waals surface area contributed by atoms with Gasteiger partial charge in [0.25, 0.3) is 5.91 Å². The molecular weight excluding hydrogens is 326 g/mol. The molecule has 4 heterocycles. The minimum atomic E-state index is -0.0823. The van der Waals surface area contributed by atoms with E-state index in [0.29, 0.717) is 30.6 Å². The highest BCUT2D eigenvalue weighted by Crippen LogP contribution is 2.36. The standard InChI is InChI=1S/C16H19N5O2S/c1-10-19-20-16(24-10)21-7-13-12(9-23-14(13)8-21)6-18-15(22)11-3-2-4-17-5-11/h2-5,12-14H,6-9H2,1H3,(H,18,22)/t12-,13+,14+/m1/s1. The number of carbonyl (C=O) groups excluding carboxylic acids is 1. The Balaban J connectivity index is 1.35. The van der Waals surface area contributed by atoms with E-state index >= 15 is 0 Å². The summed E-state index contributed by atoms with van der Waals surface area (Å²) in [5, 5.41) is 13.3. The van der Waals surface area contributed by atoms with E-state index in [-0.39, 0.29) is 12.0 Å². The Morgan fingerprint density at radius 3 is 3.12 bits per heavy atom. The number of hydrogen-bond donors (Lipinski definition) is 1. The Labute approximate surface area is 144 Å². The number of nitrogens with zero attached hydrogens (tertiary/aromatic N) is 4. The van der Waals surface area contributed by atoms with Gasteiger partial charge in [0.1, 0.15) is 5.01 Å². The summed E-state index contributed by atoms with van der Waals surface area (Å²) in [5.74, 6) is 0.666. The first-order chi connectivity index (χ1) is 11.7. The number of carbonyl (C=O) groups is 1. The van der Waals surface area contributed by atoms with Crippen LogP contribution in [0.1, 0.15) is 15.4 Å². The Hall–Kier alpha value is -2.06. The Kier molecular flexibility index (Phi) is 4.15. The Morgan fingerprint density at radius 1 is 1.46 bits per heavy atom. The van der Waals surface area contributed by atoms with Crippen LogP contribution in [0.2, 0.25) is 0 Å². The summed E-state index contributed by atoms with van der Waals surface area (Å²) in [5.41, 5.74) is 0.588. The number of amides is 1. The molecule has 0 bridgehead atoms. The SMILES string of the molecule is Cc1nnc(N2C[C@H]3[C@H](CNC(=O)c4cccnc4)CO[C@H]3C2)s1. The van der Waals surface area contributed by atoms with Gasteiger partial charge < -0.3 is 15.0 Å². The van der Waals surface area contributed by atoms with E-state index in [0.717, 1.165) is 23.2 Å². The number of fused-ring (bicyclic) bond motifs is 1. The largest absolute Gasteiger partial charge is 0.376 e. The summed E-state index contributed by atoms with van der Waals surface area (Å²) in [6.45, 7) is 5.05. The second-order valence-corrected chi connectivity index (χ2v) is 7.42. The minimum Gasteiger partial charge on any atom is -0.376 e. The highest BCUT2D eigenvalue weighted by molar-refractivity contribution is 7.15. The first-order valence-electron chi connectivity index (χ1n) is 8.05. The third kappa shape index (κ3) is 2.99. The predicted molar refractivity (Wildman–Crippen MR) is 90.1 cm³/mol. The van der Waals surface area contributed by atoms with E-state index in [9.17, 15) is 4.79 Å². The van der Waals surface area contributed by atoms with Crippen LogP contribution in [-0.4, -0.2) is 53.4 Å². The van der Waals surface area contributed by atoms with Crippen molar-refractivity contribution >= 4 is 22.4 Å². The molecule has 126 valence electrons. The number of rotatable bonds is 4. The molecule has 2 saturated heterocycles. The van der Waals surface area contributed by atoms with Crippen LogP contribution >= 0.6 is 11.3 Å². The van der Waals surface area contributed by atoms with Gasteiger partial charge in [0.2, 0.25) is 5.13 Å². The molecule has 1 amide bonds. The lowest BCUT2D eigenvalue weighted by Crippen LogP contribution is -2.34. The van der Waals surface area contributed by atoms with Gasteiger partial charge in [-0.15, -0.1) is 10.2 Å². The van der Waals surface area contributed by atoms with Gasteiger partial charge in [-0.2, -0.15) is 0 Å². The number of nitrogens with one attached hydrogen (secondary N) is 1. The van der Waals surface area contributed by atoms with Crippen LogP contribution < -0.4 is 10.2 Å². The average Bonchev–Trinajstić information content (AvgIpc) is 3.29. The number of pyridine rings is 1. The molecule has 2 aromatic heterocycles. The van der Waals surface area contributed by atoms with Crippen LogP contribution in [0, 0.1) is 18.8 Å². The monoisotopic (exact) mass is 345 g/mol. The molecule has 0 unspecified atom stereocenters. The molecule has 7 nitrogen and oxygen atoms in total. The average molecular weight is 345 g/mol. The van der Waals surface area contributed by atoms with Gasteiger partial charge >= 0.3 is 0 Å². The summed E-state index contributed by atoms with van der Waals surface area (Å²) >= 11 is 1.61. The van der Waals surface area contributed by atoms with Crippen molar-refractivity contribution in [3.8, 4) is 0 Å². The maximum absolute atomic E-state index is 12.2. The quantitative estimate of drug-likeness (QED) is 0.895. The van der Waals surface area contributed by atoms with E-state index in [1.807, 2.05) is 6.92 Å². The lowest BCUT2D eigenvalue weighted by Gasteiger charge is -2.19. The van der Waals surface area contributed by atoms with Crippen LogP contribution in [0.5, 0.6) is 0 Å². The predicted octanol–water partition coefficient (Wildman–Crippen LogP) is 1.12. The fourth-order valence-corrected chi connectivity index (χ4v) is 4.11. The zero-order valence-corrected chi connectivity index (χ0v) is 14.2. The summed E-state index contributed by atoms with van der Waals surface area (Å²) in [6, 6.07) is 3.54. The molecule has 2 fully saturated rings. The minimum absolute atomic E-state index is 0.0823. The summed E-state index contributed by atoms with van der Waals surface area (Å²) in [4.78, 5) is 18.4. The first-order valence-corrected chi connectivity index (χ1v) is 8.87. The third-order valence-electron chi connectivity index (χ3n) is 4.67. The molecular formula is C16H19N5O2S. The van der Waals surface area contributed by atoms with Crippen molar-refractivity contribution in [2.75, 3.05) is 31.1 Å². The third-order valence-corrected chi connectivity index (χ3v) is 5.57. The molecule has 8 heteroatoms. The molecule has 0 aliphatic carbocycles. The van der Waals surface area contributed by atoms with Gasteiger partial charge in [-0.3, -0.25) is 9.78 Å². The van der Waals surface area contributed by atoms with E-state index in [2.05, 4.69) is 25.4 Å². The molecule has 1 N–H and O–H groups in total. The van der Waals surface area contributed by atoms with Gasteiger partial charge in [0.15, 0.2) is 0 Å². The molecule has 0 aromatic carbocycles. The molecule has 2 aliphatic heterocycles. The van der Waals surface area contributed by atoms with Gasteiger partial charge in [-0.05, 0) is 19.1 Å². The molecule has 24 heavy (non-hydrogen) atoms. The fraction of sp³-hybridized carbons (Fsp3) is 0.500. The fourth-order valence-electron chi connectivity index (χ4n) is 3.40. The van der Waals surface area contributed by atoms with Crippen LogP contribution in [-0.2, 0) is 4.74 Å². The molecule has 4 rings (SSSR count). The summed E-state index contributed by atoms with van der Waals surface area (Å²) < 4.78 is 5.94. The zero-order valence-electron chi connectivity index (χ0n) is 13.4. The topological polar surface area (TPSA) is 80.2 Å². The Morgan fingerprint density at radius 2 is 2.38 bits per heavy atom. The van der Waals surface area contributed by atoms with Crippen molar-refractivity contribution in [1.82, 2.24) is 20.5 Å². The van der Waals surface area contributed by atoms with Crippen LogP contribution in [0.15, 0.2) is 24.5 Å². The second kappa shape index (κ2) is 6.45. The molecule has 0 spiro atoms. The molecule has 2 aromatic rings. The zero-order chi connectivity index (χ0) is 16.5. The Bertz CT molecular complexity index is 722. The van der Waals surface area contributed by atoms with E-state index in [4.69, 9.17) is 4.74 Å². The van der Waals surface area contributed by atoms with Crippen molar-refractivity contribution in [2.45, 2.75) is 13.0 Å². The van der Waals surface area contributed by atoms with Gasteiger partial charge in [-0.25, -0.2) is 0 Å². The van der Waals surface area contributed by atoms with Crippen molar-refractivity contribution in [2.24, 2.45) is 11.8 Å². The molecule has 0 radical (unpaired) electrons. The smallest absolute Gasteiger partial charge is 0.252 e. The second-order valence-electron chi connectivity index (χ2n) is 6.26. The number of aromatic nitrogens is 3. The molecule has 3 atom stereocenters. The van der Waals surface area contributed by atoms with E-state index in [1.54, 1.807) is 35.9 Å². The van der Waals surface area contributed by atoms with Gasteiger partial charge in [0.05, 0.1) is 18.3 Å². The van der Waals surface area contributed by atoms with Gasteiger partial charge in [-0.1, -0.05) is 11.3 Å². The van der Waals surface area contributed by atoms with E-state index in [1.165, 1.54) is 0 Å². The normalized spacial score (nSPS) is 25.7. The lowest BCUT2D eigenvalue weighted by atomic mass is 9.93. The number of anilines is 1. The van der Waals surface area contributed by atoms with Crippen LogP contribution in [0.4, 0.5) is 5.13 Å². The number of ether oxygens (including phenoxy) is 1. The first kappa shape index (κ1) is 15.5. The molecule has 2 aliphatic rings. The van der Waals surface area contributed by atoms with Crippen LogP contribution in [0.25, 0.3) is 0 Å². The molecule has 0 saturated carbocycles. The van der Waals surface area contributed by atoms with Crippen molar-refractivity contribution < 1.29 is 9.53 Å². The van der Waals surface area contributed by atoms with Crippen molar-refractivity contribution in [3.05, 3.63) is 35.1 Å². The summed E-state index contributed by atoms with van der Waals surface area (Å²) in [6.07, 6.45) is 3.46. The van der Waals surface area contributed by atoms with E-state index < -0.39 is 0 Å². The maximum Gasteiger partial charge on any atom is 0.252 e. The van der Waals surface area contributed by atoms with Gasteiger partial charge in [0, 0.05) is 43.9 Å². The van der Waals surface area contributed by atoms with Crippen molar-refractivity contribution in [1.29, 1.82) is 0 Å². The highest BCUT2D eigenvalue weighted by Gasteiger charge is 2.44. The highest BCUT2D eigenvalue weighted by atomic mass is 32.1. The number of hydrogen-bond acceptors (Lipinski definition) is 7. The maximum atomic E-state index is 12.2. The number of aryl methyl sites for hydroxylation is 1. The van der Waals surface area contributed by atoms with Crippen LogP contribution in [0.3, 0.4) is 0 Å². The lowest BCUT2D eigenvalue weighted by molar-refractivity contribution is 0.0939. The van der Waals surface area contributed by atoms with Crippen molar-refractivity contribution in [3.63, 3.8) is 0 Å². The summed E-state index contributed by atoms with van der Waals surface area (Å²) in [7, 11) is 0.